The summed E-state index contributed by atoms with van der Waals surface area (Å²) in [4.78, 5) is 29.5. The van der Waals surface area contributed by atoms with Gasteiger partial charge in [0, 0.05) is 0 Å². The molecule has 8 heteroatoms. The third kappa shape index (κ3) is 3.63. The number of nitrogens with two attached hydrogens (primary N) is 1. The number of anilines is 2. The molecule has 3 N–H and O–H groups in total. The summed E-state index contributed by atoms with van der Waals surface area (Å²) in [6.07, 6.45) is 7.85. The van der Waals surface area contributed by atoms with Crippen LogP contribution < -0.4 is 15.8 Å². The van der Waals surface area contributed by atoms with Gasteiger partial charge in [0.2, 0.25) is 17.7 Å². The summed E-state index contributed by atoms with van der Waals surface area (Å²) in [5.74, 6) is 0.453. The van der Waals surface area contributed by atoms with Crippen LogP contribution in [0.15, 0.2) is 30.0 Å². The smallest absolute Gasteiger partial charge is 0.247 e. The van der Waals surface area contributed by atoms with E-state index >= 15 is 0 Å². The fourth-order valence-electron chi connectivity index (χ4n) is 2.52. The van der Waals surface area contributed by atoms with Crippen molar-refractivity contribution >= 4 is 28.8 Å². The Hall–Kier alpha value is -3.03. The van der Waals surface area contributed by atoms with Gasteiger partial charge in [0.15, 0.2) is 17.0 Å². The number of hydrogen-bond acceptors (Lipinski definition) is 7. The Kier molecular flexibility index (Phi) is 4.58. The first kappa shape index (κ1) is 17.8. The zero-order valence-electron chi connectivity index (χ0n) is 15.3. The number of rotatable bonds is 4. The number of allylic oxidation sites excluding steroid dienone is 3. The number of carbonyl (C=O) groups is 1. The van der Waals surface area contributed by atoms with Gasteiger partial charge in [-0.25, -0.2) is 9.97 Å². The Morgan fingerprint density at radius 3 is 2.77 bits per heavy atom. The van der Waals surface area contributed by atoms with Gasteiger partial charge in [-0.15, -0.1) is 0 Å². The Balaban J connectivity index is 1.90. The van der Waals surface area contributed by atoms with Crippen LogP contribution in [0.5, 0.6) is 5.88 Å². The molecule has 1 atom stereocenters. The Bertz CT molecular complexity index is 921. The Labute approximate surface area is 151 Å². The molecule has 0 radical (unpaired) electrons. The van der Waals surface area contributed by atoms with Gasteiger partial charge in [0.1, 0.15) is 0 Å². The Morgan fingerprint density at radius 2 is 2.12 bits per heavy atom. The number of hydrogen-bond donors (Lipinski definition) is 2. The zero-order chi connectivity index (χ0) is 18.9. The van der Waals surface area contributed by atoms with E-state index in [0.29, 0.717) is 23.4 Å². The van der Waals surface area contributed by atoms with Crippen molar-refractivity contribution in [2.45, 2.75) is 40.2 Å². The number of aromatic nitrogens is 4. The number of amides is 1. The lowest BCUT2D eigenvalue weighted by Crippen LogP contribution is -2.32. The maximum absolute atomic E-state index is 12.7. The average Bonchev–Trinajstić information content (AvgIpc) is 2.57. The van der Waals surface area contributed by atoms with E-state index in [1.165, 1.54) is 6.20 Å². The molecule has 2 aromatic rings. The highest BCUT2D eigenvalue weighted by molar-refractivity contribution is 5.96. The van der Waals surface area contributed by atoms with E-state index in [1.54, 1.807) is 0 Å². The van der Waals surface area contributed by atoms with Crippen LogP contribution in [0.3, 0.4) is 0 Å². The molecule has 8 nitrogen and oxygen atoms in total. The minimum Gasteiger partial charge on any atom is -0.473 e. The van der Waals surface area contributed by atoms with Gasteiger partial charge in [-0.1, -0.05) is 23.8 Å². The summed E-state index contributed by atoms with van der Waals surface area (Å²) in [5, 5.41) is 2.82. The van der Waals surface area contributed by atoms with Crippen LogP contribution in [0.1, 0.15) is 34.1 Å². The molecule has 26 heavy (non-hydrogen) atoms. The van der Waals surface area contributed by atoms with E-state index in [4.69, 9.17) is 10.5 Å². The predicted octanol–water partition coefficient (Wildman–Crippen LogP) is 2.64. The first-order valence-electron chi connectivity index (χ1n) is 8.41. The molecule has 1 aliphatic carbocycles. The SMILES string of the molecule is CC1=CCC(C)(C(=O)Nc2cnc3nc(N)nc(OC(C)C)c3n2)C=C1. The maximum Gasteiger partial charge on any atom is 0.247 e. The summed E-state index contributed by atoms with van der Waals surface area (Å²) in [5.41, 5.74) is 6.87. The lowest BCUT2D eigenvalue weighted by molar-refractivity contribution is -0.122. The molecule has 3 rings (SSSR count). The van der Waals surface area contributed by atoms with Crippen molar-refractivity contribution in [3.05, 3.63) is 30.0 Å². The van der Waals surface area contributed by atoms with Crippen molar-refractivity contribution in [2.75, 3.05) is 11.1 Å². The molecule has 2 aromatic heterocycles. The van der Waals surface area contributed by atoms with Gasteiger partial charge in [-0.2, -0.15) is 9.97 Å². The quantitative estimate of drug-likeness (QED) is 0.867. The lowest BCUT2D eigenvalue weighted by atomic mass is 9.81. The van der Waals surface area contributed by atoms with Crippen LogP contribution >= 0.6 is 0 Å². The second kappa shape index (κ2) is 6.70. The standard InChI is InChI=1S/C18H22N6O2/c1-10(2)26-15-13-14(23-17(19)24-15)20-9-12(21-13)22-16(25)18(4)7-5-11(3)6-8-18/h5-7,9-10H,8H2,1-4H3,(H,21,22,25)(H2,19,20,23,24). The number of ether oxygens (including phenoxy) is 1. The van der Waals surface area contributed by atoms with Crippen LogP contribution in [0, 0.1) is 5.41 Å². The highest BCUT2D eigenvalue weighted by Crippen LogP contribution is 2.31. The maximum atomic E-state index is 12.7. The topological polar surface area (TPSA) is 116 Å². The van der Waals surface area contributed by atoms with Gasteiger partial charge in [0.25, 0.3) is 0 Å². The van der Waals surface area contributed by atoms with Crippen molar-refractivity contribution in [1.29, 1.82) is 0 Å². The van der Waals surface area contributed by atoms with Crippen molar-refractivity contribution in [2.24, 2.45) is 5.41 Å². The highest BCUT2D eigenvalue weighted by Gasteiger charge is 2.31. The van der Waals surface area contributed by atoms with Gasteiger partial charge < -0.3 is 15.8 Å². The van der Waals surface area contributed by atoms with E-state index in [1.807, 2.05) is 45.9 Å². The molecule has 2 heterocycles. The molecule has 1 unspecified atom stereocenters. The second-order valence-electron chi connectivity index (χ2n) is 6.84. The average molecular weight is 354 g/mol. The first-order valence-corrected chi connectivity index (χ1v) is 8.41. The molecular weight excluding hydrogens is 332 g/mol. The monoisotopic (exact) mass is 354 g/mol. The summed E-state index contributed by atoms with van der Waals surface area (Å²) in [6.45, 7) is 7.63. The van der Waals surface area contributed by atoms with Crippen molar-refractivity contribution in [1.82, 2.24) is 19.9 Å². The largest absolute Gasteiger partial charge is 0.473 e. The van der Waals surface area contributed by atoms with Crippen LogP contribution in [0.2, 0.25) is 0 Å². The van der Waals surface area contributed by atoms with E-state index in [-0.39, 0.29) is 23.8 Å². The van der Waals surface area contributed by atoms with Gasteiger partial charge in [0.05, 0.1) is 17.7 Å². The second-order valence-corrected chi connectivity index (χ2v) is 6.84. The molecule has 136 valence electrons. The van der Waals surface area contributed by atoms with Crippen molar-refractivity contribution in [3.8, 4) is 5.88 Å². The zero-order valence-corrected chi connectivity index (χ0v) is 15.3. The molecule has 0 saturated heterocycles. The highest BCUT2D eigenvalue weighted by atomic mass is 16.5. The molecule has 1 amide bonds. The molecule has 0 bridgehead atoms. The summed E-state index contributed by atoms with van der Waals surface area (Å²) >= 11 is 0. The minimum absolute atomic E-state index is 0.0567. The molecule has 0 spiro atoms. The third-order valence-electron chi connectivity index (χ3n) is 4.06. The number of carbonyl (C=O) groups excluding carboxylic acids is 1. The van der Waals surface area contributed by atoms with E-state index in [9.17, 15) is 4.79 Å². The van der Waals surface area contributed by atoms with Gasteiger partial charge >= 0.3 is 0 Å². The van der Waals surface area contributed by atoms with Crippen LogP contribution in [-0.2, 0) is 4.79 Å². The number of nitrogen functional groups attached to an aromatic ring is 1. The van der Waals surface area contributed by atoms with E-state index in [2.05, 4.69) is 25.3 Å². The third-order valence-corrected chi connectivity index (χ3v) is 4.06. The van der Waals surface area contributed by atoms with Gasteiger partial charge in [-0.05, 0) is 34.1 Å². The summed E-state index contributed by atoms with van der Waals surface area (Å²) in [7, 11) is 0. The van der Waals surface area contributed by atoms with Crippen LogP contribution in [0.25, 0.3) is 11.2 Å². The number of nitrogens with one attached hydrogen (secondary N) is 1. The molecule has 1 aliphatic rings. The first-order chi connectivity index (χ1) is 12.3. The molecule has 0 aromatic carbocycles. The molecule has 0 fully saturated rings. The van der Waals surface area contributed by atoms with Crippen molar-refractivity contribution < 1.29 is 9.53 Å². The van der Waals surface area contributed by atoms with E-state index < -0.39 is 5.41 Å². The molecule has 0 saturated carbocycles. The van der Waals surface area contributed by atoms with Crippen LogP contribution in [-0.4, -0.2) is 31.9 Å². The number of fused-ring (bicyclic) bond motifs is 1. The minimum atomic E-state index is -0.634. The number of nitrogens with zero attached hydrogens (tertiary/aromatic N) is 4. The lowest BCUT2D eigenvalue weighted by Gasteiger charge is -2.26. The summed E-state index contributed by atoms with van der Waals surface area (Å²) < 4.78 is 5.65. The van der Waals surface area contributed by atoms with Crippen molar-refractivity contribution in [3.63, 3.8) is 0 Å². The van der Waals surface area contributed by atoms with E-state index in [0.717, 1.165) is 5.57 Å². The van der Waals surface area contributed by atoms with Gasteiger partial charge in [-0.3, -0.25) is 4.79 Å². The normalized spacial score (nSPS) is 19.5. The fourth-order valence-corrected chi connectivity index (χ4v) is 2.52. The predicted molar refractivity (Wildman–Crippen MR) is 99.6 cm³/mol. The Morgan fingerprint density at radius 1 is 1.35 bits per heavy atom. The summed E-state index contributed by atoms with van der Waals surface area (Å²) in [6, 6.07) is 0. The molecular formula is C18H22N6O2. The molecule has 0 aliphatic heterocycles. The fraction of sp³-hybridized carbons (Fsp3) is 0.389. The van der Waals surface area contributed by atoms with Crippen LogP contribution in [0.4, 0.5) is 11.8 Å².